The van der Waals surface area contributed by atoms with Crippen molar-refractivity contribution < 1.29 is 4.52 Å². The summed E-state index contributed by atoms with van der Waals surface area (Å²) in [6.07, 6.45) is 7.33. The van der Waals surface area contributed by atoms with Gasteiger partial charge in [-0.1, -0.05) is 5.16 Å². The van der Waals surface area contributed by atoms with Crippen molar-refractivity contribution in [3.05, 3.63) is 39.4 Å². The summed E-state index contributed by atoms with van der Waals surface area (Å²) in [5.74, 6) is 0. The average Bonchev–Trinajstić information content (AvgIpc) is 2.91. The highest BCUT2D eigenvalue weighted by Crippen LogP contribution is 2.30. The quantitative estimate of drug-likeness (QED) is 0.883. The molecule has 3 nitrogen and oxygen atoms in total. The van der Waals surface area contributed by atoms with Crippen LogP contribution >= 0.6 is 11.3 Å². The average molecular weight is 234 g/mol. The standard InChI is InChI=1S/C12H14N2OS/c1-2-10-4-11(16-12(10)3-1)7-13-5-9-6-14-15-8-9/h4,6,8,13H,1-3,5,7H2. The minimum absolute atomic E-state index is 0.825. The maximum Gasteiger partial charge on any atom is 0.128 e. The summed E-state index contributed by atoms with van der Waals surface area (Å²) in [5.41, 5.74) is 2.68. The molecule has 1 N–H and O–H groups in total. The first-order valence-electron chi connectivity index (χ1n) is 5.61. The highest BCUT2D eigenvalue weighted by molar-refractivity contribution is 7.12. The van der Waals surface area contributed by atoms with Crippen molar-refractivity contribution in [1.29, 1.82) is 0 Å². The molecule has 0 spiro atoms. The second kappa shape index (κ2) is 4.39. The van der Waals surface area contributed by atoms with Crippen LogP contribution in [0.2, 0.25) is 0 Å². The van der Waals surface area contributed by atoms with Crippen molar-refractivity contribution in [3.8, 4) is 0 Å². The van der Waals surface area contributed by atoms with Crippen LogP contribution in [-0.4, -0.2) is 5.16 Å². The van der Waals surface area contributed by atoms with E-state index in [1.165, 1.54) is 24.1 Å². The van der Waals surface area contributed by atoms with E-state index in [0.29, 0.717) is 0 Å². The van der Waals surface area contributed by atoms with Crippen LogP contribution in [0, 0.1) is 0 Å². The van der Waals surface area contributed by atoms with E-state index in [2.05, 4.69) is 16.5 Å². The summed E-state index contributed by atoms with van der Waals surface area (Å²) in [5, 5.41) is 7.08. The van der Waals surface area contributed by atoms with E-state index in [9.17, 15) is 0 Å². The second-order valence-electron chi connectivity index (χ2n) is 4.15. The van der Waals surface area contributed by atoms with Crippen LogP contribution in [-0.2, 0) is 25.9 Å². The van der Waals surface area contributed by atoms with Gasteiger partial charge in [-0.15, -0.1) is 11.3 Å². The number of fused-ring (bicyclic) bond motifs is 1. The number of aromatic nitrogens is 1. The van der Waals surface area contributed by atoms with Crippen molar-refractivity contribution in [1.82, 2.24) is 10.5 Å². The molecule has 0 atom stereocenters. The lowest BCUT2D eigenvalue weighted by Crippen LogP contribution is -2.11. The van der Waals surface area contributed by atoms with Crippen LogP contribution in [0.1, 0.15) is 27.3 Å². The van der Waals surface area contributed by atoms with Crippen molar-refractivity contribution in [2.45, 2.75) is 32.4 Å². The summed E-state index contributed by atoms with van der Waals surface area (Å²) in [7, 11) is 0. The number of aryl methyl sites for hydroxylation is 2. The second-order valence-corrected chi connectivity index (χ2v) is 5.37. The molecule has 2 heterocycles. The fourth-order valence-electron chi connectivity index (χ4n) is 2.12. The molecule has 2 aromatic rings. The topological polar surface area (TPSA) is 38.1 Å². The molecule has 0 fully saturated rings. The molecule has 0 saturated heterocycles. The Labute approximate surface area is 98.5 Å². The first-order chi connectivity index (χ1) is 7.92. The minimum Gasteiger partial charge on any atom is -0.364 e. The van der Waals surface area contributed by atoms with Gasteiger partial charge >= 0.3 is 0 Å². The summed E-state index contributed by atoms with van der Waals surface area (Å²) in [4.78, 5) is 3.04. The first kappa shape index (κ1) is 10.1. The minimum atomic E-state index is 0.825. The molecule has 0 amide bonds. The zero-order chi connectivity index (χ0) is 10.8. The van der Waals surface area contributed by atoms with E-state index in [1.807, 2.05) is 11.3 Å². The molecule has 0 aromatic carbocycles. The van der Waals surface area contributed by atoms with Gasteiger partial charge in [0.1, 0.15) is 6.26 Å². The van der Waals surface area contributed by atoms with Crippen LogP contribution in [0.3, 0.4) is 0 Å². The number of rotatable bonds is 4. The molecule has 4 heteroatoms. The Kier molecular flexibility index (Phi) is 2.76. The van der Waals surface area contributed by atoms with Gasteiger partial charge < -0.3 is 9.84 Å². The Bertz CT molecular complexity index is 440. The molecule has 0 radical (unpaired) electrons. The molecule has 84 valence electrons. The Morgan fingerprint density at radius 1 is 1.38 bits per heavy atom. The number of nitrogens with zero attached hydrogens (tertiary/aromatic N) is 1. The molecule has 0 saturated carbocycles. The molecule has 3 rings (SSSR count). The van der Waals surface area contributed by atoms with Crippen LogP contribution in [0.25, 0.3) is 0 Å². The molecular weight excluding hydrogens is 220 g/mol. The van der Waals surface area contributed by atoms with E-state index in [4.69, 9.17) is 4.52 Å². The largest absolute Gasteiger partial charge is 0.364 e. The Morgan fingerprint density at radius 3 is 3.19 bits per heavy atom. The van der Waals surface area contributed by atoms with Gasteiger partial charge in [0.2, 0.25) is 0 Å². The van der Waals surface area contributed by atoms with Gasteiger partial charge in [-0.25, -0.2) is 0 Å². The van der Waals surface area contributed by atoms with Gasteiger partial charge in [0.15, 0.2) is 0 Å². The predicted octanol–water partition coefficient (Wildman–Crippen LogP) is 2.51. The van der Waals surface area contributed by atoms with Gasteiger partial charge in [-0.3, -0.25) is 0 Å². The van der Waals surface area contributed by atoms with Crippen molar-refractivity contribution >= 4 is 11.3 Å². The SMILES string of the molecule is c1nocc1CNCc1cc2c(s1)CCC2. The van der Waals surface area contributed by atoms with Crippen LogP contribution < -0.4 is 5.32 Å². The van der Waals surface area contributed by atoms with Gasteiger partial charge in [0, 0.05) is 28.4 Å². The Balaban J connectivity index is 1.54. The zero-order valence-electron chi connectivity index (χ0n) is 9.03. The fraction of sp³-hybridized carbons (Fsp3) is 0.417. The molecule has 1 aliphatic rings. The van der Waals surface area contributed by atoms with Gasteiger partial charge in [-0.2, -0.15) is 0 Å². The molecule has 0 unspecified atom stereocenters. The van der Waals surface area contributed by atoms with Crippen molar-refractivity contribution in [2.24, 2.45) is 0 Å². The number of thiophene rings is 1. The zero-order valence-corrected chi connectivity index (χ0v) is 9.85. The molecule has 0 aliphatic heterocycles. The number of hydrogen-bond donors (Lipinski definition) is 1. The van der Waals surface area contributed by atoms with Crippen LogP contribution in [0.5, 0.6) is 0 Å². The maximum absolute atomic E-state index is 4.78. The smallest absolute Gasteiger partial charge is 0.128 e. The Morgan fingerprint density at radius 2 is 2.38 bits per heavy atom. The summed E-state index contributed by atoms with van der Waals surface area (Å²) < 4.78 is 4.78. The van der Waals surface area contributed by atoms with E-state index < -0.39 is 0 Å². The van der Waals surface area contributed by atoms with Crippen molar-refractivity contribution in [2.75, 3.05) is 0 Å². The highest BCUT2D eigenvalue weighted by Gasteiger charge is 2.14. The van der Waals surface area contributed by atoms with Gasteiger partial charge in [0.05, 0.1) is 6.20 Å². The Hall–Kier alpha value is -1.13. The number of hydrogen-bond acceptors (Lipinski definition) is 4. The first-order valence-corrected chi connectivity index (χ1v) is 6.43. The fourth-order valence-corrected chi connectivity index (χ4v) is 3.35. The third-order valence-corrected chi connectivity index (χ3v) is 4.15. The molecule has 1 aliphatic carbocycles. The molecule has 16 heavy (non-hydrogen) atoms. The third-order valence-electron chi connectivity index (χ3n) is 2.91. The normalized spacial score (nSPS) is 14.2. The van der Waals surface area contributed by atoms with Crippen LogP contribution in [0.4, 0.5) is 0 Å². The summed E-state index contributed by atoms with van der Waals surface area (Å²) in [6.45, 7) is 1.77. The molecule has 2 aromatic heterocycles. The maximum atomic E-state index is 4.78. The monoisotopic (exact) mass is 234 g/mol. The van der Waals surface area contributed by atoms with E-state index >= 15 is 0 Å². The van der Waals surface area contributed by atoms with Crippen molar-refractivity contribution in [3.63, 3.8) is 0 Å². The summed E-state index contributed by atoms with van der Waals surface area (Å²) >= 11 is 1.96. The van der Waals surface area contributed by atoms with Gasteiger partial charge in [-0.05, 0) is 30.9 Å². The lowest BCUT2D eigenvalue weighted by atomic mass is 10.2. The highest BCUT2D eigenvalue weighted by atomic mass is 32.1. The third kappa shape index (κ3) is 2.03. The number of nitrogens with one attached hydrogen (secondary N) is 1. The van der Waals surface area contributed by atoms with Gasteiger partial charge in [0.25, 0.3) is 0 Å². The molecular formula is C12H14N2OS. The predicted molar refractivity (Wildman–Crippen MR) is 63.4 cm³/mol. The van der Waals surface area contributed by atoms with Crippen LogP contribution in [0.15, 0.2) is 23.0 Å². The lowest BCUT2D eigenvalue weighted by Gasteiger charge is -1.99. The molecule has 0 bridgehead atoms. The van der Waals surface area contributed by atoms with E-state index in [-0.39, 0.29) is 0 Å². The van der Waals surface area contributed by atoms with E-state index in [0.717, 1.165) is 18.7 Å². The lowest BCUT2D eigenvalue weighted by molar-refractivity contribution is 0.418. The van der Waals surface area contributed by atoms with E-state index in [1.54, 1.807) is 22.9 Å². The summed E-state index contributed by atoms with van der Waals surface area (Å²) in [6, 6.07) is 2.35.